The molecule has 3 nitrogen and oxygen atoms in total. The van der Waals surface area contributed by atoms with Gasteiger partial charge in [-0.3, -0.25) is 0 Å². The van der Waals surface area contributed by atoms with Crippen LogP contribution >= 0.6 is 43.2 Å². The van der Waals surface area contributed by atoms with Crippen molar-refractivity contribution < 1.29 is 8.42 Å². The van der Waals surface area contributed by atoms with Crippen molar-refractivity contribution in [2.75, 3.05) is 12.8 Å². The van der Waals surface area contributed by atoms with Gasteiger partial charge >= 0.3 is 0 Å². The lowest BCUT2D eigenvalue weighted by Crippen LogP contribution is -2.39. The molecule has 102 valence electrons. The van der Waals surface area contributed by atoms with Crippen molar-refractivity contribution in [1.29, 1.82) is 0 Å². The number of thiophene rings is 1. The molecule has 0 aliphatic carbocycles. The molecule has 0 bridgehead atoms. The highest BCUT2D eigenvalue weighted by molar-refractivity contribution is 9.12. The summed E-state index contributed by atoms with van der Waals surface area (Å²) >= 11 is 8.54. The van der Waals surface area contributed by atoms with Crippen molar-refractivity contribution in [2.45, 2.75) is 30.6 Å². The fraction of sp³-hybridized carbons (Fsp3) is 0.636. The Morgan fingerprint density at radius 2 is 2.17 bits per heavy atom. The second-order valence-electron chi connectivity index (χ2n) is 4.45. The van der Waals surface area contributed by atoms with E-state index in [4.69, 9.17) is 0 Å². The van der Waals surface area contributed by atoms with Crippen LogP contribution in [0.25, 0.3) is 0 Å². The summed E-state index contributed by atoms with van der Waals surface area (Å²) < 4.78 is 26.4. The van der Waals surface area contributed by atoms with E-state index in [1.807, 2.05) is 13.1 Å². The van der Waals surface area contributed by atoms with E-state index < -0.39 is 9.84 Å². The zero-order chi connectivity index (χ0) is 13.3. The molecule has 1 aliphatic rings. The van der Waals surface area contributed by atoms with Gasteiger partial charge in [-0.15, -0.1) is 11.3 Å². The van der Waals surface area contributed by atoms with Crippen LogP contribution in [0.3, 0.4) is 0 Å². The summed E-state index contributed by atoms with van der Waals surface area (Å²) in [6.45, 7) is 0. The average molecular weight is 417 g/mol. The largest absolute Gasteiger partial charge is 0.312 e. The molecule has 0 spiro atoms. The van der Waals surface area contributed by atoms with Gasteiger partial charge in [-0.05, 0) is 63.4 Å². The second kappa shape index (κ2) is 5.91. The van der Waals surface area contributed by atoms with E-state index in [0.29, 0.717) is 5.75 Å². The SMILES string of the molecule is CNC(c1cc(Br)sc1Br)C1CCCCS1(=O)=O. The summed E-state index contributed by atoms with van der Waals surface area (Å²) in [7, 11) is -1.16. The number of hydrogen-bond acceptors (Lipinski definition) is 4. The van der Waals surface area contributed by atoms with Crippen molar-refractivity contribution in [3.05, 3.63) is 19.2 Å². The van der Waals surface area contributed by atoms with Crippen LogP contribution in [-0.2, 0) is 9.84 Å². The van der Waals surface area contributed by atoms with E-state index in [1.165, 1.54) is 0 Å². The number of halogens is 2. The van der Waals surface area contributed by atoms with Crippen LogP contribution in [0.5, 0.6) is 0 Å². The van der Waals surface area contributed by atoms with Crippen molar-refractivity contribution in [3.63, 3.8) is 0 Å². The molecule has 1 aromatic heterocycles. The predicted octanol–water partition coefficient (Wildman–Crippen LogP) is 3.50. The zero-order valence-electron chi connectivity index (χ0n) is 9.95. The summed E-state index contributed by atoms with van der Waals surface area (Å²) in [6.07, 6.45) is 2.53. The molecule has 1 aromatic rings. The van der Waals surface area contributed by atoms with Gasteiger partial charge < -0.3 is 5.32 Å². The maximum Gasteiger partial charge on any atom is 0.155 e. The Labute approximate surface area is 129 Å². The molecule has 0 saturated carbocycles. The molecule has 0 radical (unpaired) electrons. The van der Waals surface area contributed by atoms with Crippen LogP contribution in [0.2, 0.25) is 0 Å². The second-order valence-corrected chi connectivity index (χ2v) is 10.5. The first-order valence-corrected chi connectivity index (χ1v) is 9.91. The maximum atomic E-state index is 12.2. The third-order valence-electron chi connectivity index (χ3n) is 3.33. The lowest BCUT2D eigenvalue weighted by Gasteiger charge is -2.29. The van der Waals surface area contributed by atoms with Crippen LogP contribution < -0.4 is 5.32 Å². The van der Waals surface area contributed by atoms with Crippen molar-refractivity contribution in [3.8, 4) is 0 Å². The highest BCUT2D eigenvalue weighted by atomic mass is 79.9. The molecule has 1 saturated heterocycles. The molecule has 7 heteroatoms. The molecular formula is C11H15Br2NO2S2. The number of hydrogen-bond donors (Lipinski definition) is 1. The van der Waals surface area contributed by atoms with E-state index in [2.05, 4.69) is 37.2 Å². The van der Waals surface area contributed by atoms with E-state index in [1.54, 1.807) is 11.3 Å². The van der Waals surface area contributed by atoms with E-state index in [0.717, 1.165) is 32.4 Å². The van der Waals surface area contributed by atoms with Crippen molar-refractivity contribution in [1.82, 2.24) is 5.32 Å². The quantitative estimate of drug-likeness (QED) is 0.819. The van der Waals surface area contributed by atoms with E-state index >= 15 is 0 Å². The number of rotatable bonds is 3. The molecule has 1 N–H and O–H groups in total. The van der Waals surface area contributed by atoms with Gasteiger partial charge in [0.15, 0.2) is 9.84 Å². The first kappa shape index (κ1) is 15.0. The summed E-state index contributed by atoms with van der Waals surface area (Å²) in [5.74, 6) is 0.318. The van der Waals surface area contributed by atoms with Crippen LogP contribution in [0.4, 0.5) is 0 Å². The fourth-order valence-corrected chi connectivity index (χ4v) is 7.52. The van der Waals surface area contributed by atoms with Crippen molar-refractivity contribution >= 4 is 53.0 Å². The van der Waals surface area contributed by atoms with Crippen LogP contribution in [0.15, 0.2) is 13.6 Å². The summed E-state index contributed by atoms with van der Waals surface area (Å²) in [5.41, 5.74) is 1.03. The van der Waals surface area contributed by atoms with Crippen LogP contribution in [0, 0.1) is 0 Å². The standard InChI is InChI=1S/C11H15Br2NO2S2/c1-14-10(7-6-9(12)17-11(7)13)8-4-2-3-5-18(8,15)16/h6,8,10,14H,2-5H2,1H3. The minimum atomic E-state index is -2.98. The summed E-state index contributed by atoms with van der Waals surface area (Å²) in [5, 5.41) is 2.86. The Bertz CT molecular complexity index is 527. The molecule has 2 unspecified atom stereocenters. The topological polar surface area (TPSA) is 46.2 Å². The molecule has 2 rings (SSSR count). The molecule has 18 heavy (non-hydrogen) atoms. The third-order valence-corrected chi connectivity index (χ3v) is 8.00. The van der Waals surface area contributed by atoms with Gasteiger partial charge in [0.1, 0.15) is 0 Å². The monoisotopic (exact) mass is 415 g/mol. The molecular weight excluding hydrogens is 402 g/mol. The summed E-state index contributed by atoms with van der Waals surface area (Å²) in [6, 6.07) is 1.87. The third kappa shape index (κ3) is 3.00. The Morgan fingerprint density at radius 1 is 1.44 bits per heavy atom. The molecule has 2 heterocycles. The van der Waals surface area contributed by atoms with Gasteiger partial charge in [0.05, 0.1) is 24.6 Å². The van der Waals surface area contributed by atoms with Gasteiger partial charge in [0.25, 0.3) is 0 Å². The van der Waals surface area contributed by atoms with Gasteiger partial charge in [-0.1, -0.05) is 6.42 Å². The smallest absolute Gasteiger partial charge is 0.155 e. The fourth-order valence-electron chi connectivity index (χ4n) is 2.46. The van der Waals surface area contributed by atoms with E-state index in [-0.39, 0.29) is 11.3 Å². The van der Waals surface area contributed by atoms with Gasteiger partial charge in [-0.25, -0.2) is 8.42 Å². The average Bonchev–Trinajstić information content (AvgIpc) is 2.61. The molecule has 0 amide bonds. The normalized spacial score (nSPS) is 24.9. The molecule has 1 fully saturated rings. The highest BCUT2D eigenvalue weighted by Crippen LogP contribution is 2.39. The molecule has 0 aromatic carbocycles. The van der Waals surface area contributed by atoms with Crippen LogP contribution in [0.1, 0.15) is 30.9 Å². The number of nitrogens with one attached hydrogen (secondary N) is 1. The Hall–Kier alpha value is 0.570. The maximum absolute atomic E-state index is 12.2. The van der Waals surface area contributed by atoms with Crippen LogP contribution in [-0.4, -0.2) is 26.5 Å². The minimum absolute atomic E-state index is 0.132. The van der Waals surface area contributed by atoms with Gasteiger partial charge in [0, 0.05) is 0 Å². The molecule has 2 atom stereocenters. The zero-order valence-corrected chi connectivity index (χ0v) is 14.8. The predicted molar refractivity (Wildman–Crippen MR) is 82.9 cm³/mol. The van der Waals surface area contributed by atoms with Gasteiger partial charge in [0.2, 0.25) is 0 Å². The van der Waals surface area contributed by atoms with Crippen molar-refractivity contribution in [2.24, 2.45) is 0 Å². The van der Waals surface area contributed by atoms with E-state index in [9.17, 15) is 8.42 Å². The Kier molecular flexibility index (Phi) is 4.91. The molecule has 1 aliphatic heterocycles. The first-order chi connectivity index (χ1) is 8.45. The minimum Gasteiger partial charge on any atom is -0.312 e. The van der Waals surface area contributed by atoms with Gasteiger partial charge in [-0.2, -0.15) is 0 Å². The Balaban J connectivity index is 2.36. The Morgan fingerprint density at radius 3 is 2.67 bits per heavy atom. The summed E-state index contributed by atoms with van der Waals surface area (Å²) in [4.78, 5) is 0. The lowest BCUT2D eigenvalue weighted by atomic mass is 10.0. The number of sulfone groups is 1. The lowest BCUT2D eigenvalue weighted by molar-refractivity contribution is 0.469. The highest BCUT2D eigenvalue weighted by Gasteiger charge is 2.36. The first-order valence-electron chi connectivity index (χ1n) is 5.79.